The zero-order valence-corrected chi connectivity index (χ0v) is 10.8. The molecule has 7 heteroatoms. The van der Waals surface area contributed by atoms with Crippen molar-refractivity contribution < 1.29 is 14.3 Å². The molecule has 0 fully saturated rings. The lowest BCUT2D eigenvalue weighted by Gasteiger charge is -2.08. The number of amides is 1. The molecule has 1 aromatic heterocycles. The molecular weight excluding hydrogens is 236 g/mol. The third-order valence-corrected chi connectivity index (χ3v) is 2.46. The molecule has 7 nitrogen and oxygen atoms in total. The number of nitrogens with two attached hydrogens (primary N) is 1. The van der Waals surface area contributed by atoms with Crippen LogP contribution in [0.3, 0.4) is 0 Å². The average molecular weight is 254 g/mol. The largest absolute Gasteiger partial charge is 0.464 e. The van der Waals surface area contributed by atoms with Gasteiger partial charge in [0.05, 0.1) is 7.11 Å². The number of rotatable bonds is 5. The minimum absolute atomic E-state index is 0.0485. The number of nitrogen functional groups attached to an aromatic ring is 1. The molecule has 0 saturated carbocycles. The molecule has 0 saturated heterocycles. The molecule has 0 aromatic carbocycles. The zero-order chi connectivity index (χ0) is 13.7. The van der Waals surface area contributed by atoms with Crippen LogP contribution in [0.1, 0.15) is 30.2 Å². The number of hydrogen-bond acceptors (Lipinski definition) is 5. The van der Waals surface area contributed by atoms with Crippen molar-refractivity contribution in [3.63, 3.8) is 0 Å². The Kier molecular flexibility index (Phi) is 4.70. The average Bonchev–Trinajstić information content (AvgIpc) is 2.66. The second-order valence-electron chi connectivity index (χ2n) is 3.65. The monoisotopic (exact) mass is 254 g/mol. The van der Waals surface area contributed by atoms with Crippen LogP contribution >= 0.6 is 0 Å². The molecule has 100 valence electrons. The zero-order valence-electron chi connectivity index (χ0n) is 10.8. The molecule has 0 radical (unpaired) electrons. The Hall–Kier alpha value is -2.05. The topological polar surface area (TPSA) is 99.2 Å². The predicted octanol–water partition coefficient (Wildman–Crippen LogP) is -0.0496. The van der Waals surface area contributed by atoms with E-state index < -0.39 is 5.97 Å². The second-order valence-corrected chi connectivity index (χ2v) is 3.65. The molecule has 0 aliphatic carbocycles. The van der Waals surface area contributed by atoms with Crippen LogP contribution in [-0.2, 0) is 22.5 Å². The number of aromatic nitrogens is 2. The van der Waals surface area contributed by atoms with Gasteiger partial charge in [0.15, 0.2) is 5.69 Å². The molecule has 0 aliphatic heterocycles. The number of methoxy groups -OCH3 is 1. The van der Waals surface area contributed by atoms with Gasteiger partial charge in [0.1, 0.15) is 18.2 Å². The Bertz CT molecular complexity index is 453. The number of nitrogens with zero attached hydrogens (tertiary/aromatic N) is 2. The number of likely N-dealkylation sites (N-methyl/N-ethyl adjacent to an activating group) is 1. The first kappa shape index (κ1) is 14.0. The molecule has 0 atom stereocenters. The summed E-state index contributed by atoms with van der Waals surface area (Å²) >= 11 is 0. The summed E-state index contributed by atoms with van der Waals surface area (Å²) in [4.78, 5) is 27.1. The van der Waals surface area contributed by atoms with Crippen LogP contribution in [0, 0.1) is 0 Å². The number of nitrogens with one attached hydrogen (secondary N) is 1. The summed E-state index contributed by atoms with van der Waals surface area (Å²) in [5.74, 6) is -0.0336. The Morgan fingerprint density at radius 1 is 1.44 bits per heavy atom. The van der Waals surface area contributed by atoms with E-state index in [4.69, 9.17) is 5.73 Å². The Balaban J connectivity index is 3.06. The SMILES string of the molecule is CCNC(=O)Cn1c(CC)nc(C(=O)OC)c1N. The van der Waals surface area contributed by atoms with E-state index in [2.05, 4.69) is 15.0 Å². The van der Waals surface area contributed by atoms with Gasteiger partial charge in [0.25, 0.3) is 0 Å². The molecule has 1 heterocycles. The summed E-state index contributed by atoms with van der Waals surface area (Å²) in [6, 6.07) is 0. The van der Waals surface area contributed by atoms with Crippen molar-refractivity contribution in [3.8, 4) is 0 Å². The highest BCUT2D eigenvalue weighted by molar-refractivity contribution is 5.92. The van der Waals surface area contributed by atoms with E-state index in [-0.39, 0.29) is 24.0 Å². The quantitative estimate of drug-likeness (QED) is 0.718. The summed E-state index contributed by atoms with van der Waals surface area (Å²) in [6.45, 7) is 4.29. The number of anilines is 1. The van der Waals surface area contributed by atoms with Crippen molar-refractivity contribution >= 4 is 17.7 Å². The van der Waals surface area contributed by atoms with Crippen LogP contribution in [-0.4, -0.2) is 35.1 Å². The van der Waals surface area contributed by atoms with Gasteiger partial charge in [-0.1, -0.05) is 6.92 Å². The first-order valence-electron chi connectivity index (χ1n) is 5.74. The molecule has 1 rings (SSSR count). The van der Waals surface area contributed by atoms with Crippen molar-refractivity contribution in [2.24, 2.45) is 0 Å². The van der Waals surface area contributed by atoms with Crippen LogP contribution in [0.2, 0.25) is 0 Å². The van der Waals surface area contributed by atoms with Gasteiger partial charge in [-0.15, -0.1) is 0 Å². The number of esters is 1. The van der Waals surface area contributed by atoms with Crippen LogP contribution in [0.15, 0.2) is 0 Å². The van der Waals surface area contributed by atoms with E-state index in [9.17, 15) is 9.59 Å². The Morgan fingerprint density at radius 3 is 2.61 bits per heavy atom. The fourth-order valence-corrected chi connectivity index (χ4v) is 1.60. The van der Waals surface area contributed by atoms with Crippen molar-refractivity contribution in [1.29, 1.82) is 0 Å². The third-order valence-electron chi connectivity index (χ3n) is 2.46. The highest BCUT2D eigenvalue weighted by Gasteiger charge is 2.21. The highest BCUT2D eigenvalue weighted by atomic mass is 16.5. The number of carbonyl (C=O) groups excluding carboxylic acids is 2. The summed E-state index contributed by atoms with van der Waals surface area (Å²) in [5, 5.41) is 2.67. The number of carbonyl (C=O) groups is 2. The Morgan fingerprint density at radius 2 is 2.11 bits per heavy atom. The summed E-state index contributed by atoms with van der Waals surface area (Å²) in [7, 11) is 1.26. The Labute approximate surface area is 105 Å². The summed E-state index contributed by atoms with van der Waals surface area (Å²) in [5.41, 5.74) is 5.87. The van der Waals surface area contributed by atoms with Crippen molar-refractivity contribution in [3.05, 3.63) is 11.5 Å². The van der Waals surface area contributed by atoms with Crippen molar-refractivity contribution in [2.45, 2.75) is 26.8 Å². The van der Waals surface area contributed by atoms with Gasteiger partial charge in [-0.25, -0.2) is 9.78 Å². The van der Waals surface area contributed by atoms with Gasteiger partial charge in [-0.2, -0.15) is 0 Å². The van der Waals surface area contributed by atoms with Gasteiger partial charge < -0.3 is 20.4 Å². The maximum atomic E-state index is 11.6. The van der Waals surface area contributed by atoms with E-state index in [1.54, 1.807) is 0 Å². The minimum atomic E-state index is -0.600. The minimum Gasteiger partial charge on any atom is -0.464 e. The van der Waals surface area contributed by atoms with E-state index in [0.29, 0.717) is 18.8 Å². The molecule has 0 aliphatic rings. The predicted molar refractivity (Wildman–Crippen MR) is 66.0 cm³/mol. The molecule has 0 bridgehead atoms. The van der Waals surface area contributed by atoms with Gasteiger partial charge >= 0.3 is 5.97 Å². The van der Waals surface area contributed by atoms with Gasteiger partial charge in [0, 0.05) is 13.0 Å². The molecule has 0 unspecified atom stereocenters. The molecule has 3 N–H and O–H groups in total. The van der Waals surface area contributed by atoms with Crippen LogP contribution in [0.25, 0.3) is 0 Å². The maximum Gasteiger partial charge on any atom is 0.360 e. The van der Waals surface area contributed by atoms with Gasteiger partial charge in [-0.3, -0.25) is 4.79 Å². The normalized spacial score (nSPS) is 10.2. The third kappa shape index (κ3) is 2.79. The first-order chi connectivity index (χ1) is 8.54. The van der Waals surface area contributed by atoms with Crippen LogP contribution < -0.4 is 11.1 Å². The molecule has 1 aromatic rings. The fraction of sp³-hybridized carbons (Fsp3) is 0.545. The molecule has 1 amide bonds. The van der Waals surface area contributed by atoms with Crippen molar-refractivity contribution in [2.75, 3.05) is 19.4 Å². The molecule has 0 spiro atoms. The smallest absolute Gasteiger partial charge is 0.360 e. The second kappa shape index (κ2) is 6.04. The maximum absolute atomic E-state index is 11.6. The lowest BCUT2D eigenvalue weighted by Crippen LogP contribution is -2.28. The number of aryl methyl sites for hydroxylation is 1. The lowest BCUT2D eigenvalue weighted by atomic mass is 10.4. The number of imidazole rings is 1. The standard InChI is InChI=1S/C11H18N4O3/c1-4-7-14-9(11(17)18-3)10(12)15(7)6-8(16)13-5-2/h4-6,12H2,1-3H3,(H,13,16). The molecular formula is C11H18N4O3. The van der Waals surface area contributed by atoms with Crippen molar-refractivity contribution in [1.82, 2.24) is 14.9 Å². The first-order valence-corrected chi connectivity index (χ1v) is 5.74. The van der Waals surface area contributed by atoms with Gasteiger partial charge in [0.2, 0.25) is 5.91 Å². The van der Waals surface area contributed by atoms with Crippen LogP contribution in [0.5, 0.6) is 0 Å². The highest BCUT2D eigenvalue weighted by Crippen LogP contribution is 2.16. The fourth-order valence-electron chi connectivity index (χ4n) is 1.60. The number of ether oxygens (including phenoxy) is 1. The summed E-state index contributed by atoms with van der Waals surface area (Å²) in [6.07, 6.45) is 0.570. The number of hydrogen-bond donors (Lipinski definition) is 2. The van der Waals surface area contributed by atoms with E-state index >= 15 is 0 Å². The van der Waals surface area contributed by atoms with Crippen LogP contribution in [0.4, 0.5) is 5.82 Å². The van der Waals surface area contributed by atoms with Gasteiger partial charge in [-0.05, 0) is 6.92 Å². The van der Waals surface area contributed by atoms with E-state index in [1.807, 2.05) is 13.8 Å². The lowest BCUT2D eigenvalue weighted by molar-refractivity contribution is -0.121. The van der Waals surface area contributed by atoms with E-state index in [0.717, 1.165) is 0 Å². The molecule has 18 heavy (non-hydrogen) atoms. The van der Waals surface area contributed by atoms with E-state index in [1.165, 1.54) is 11.7 Å². The summed E-state index contributed by atoms with van der Waals surface area (Å²) < 4.78 is 6.11.